The molecule has 162 valence electrons. The number of carbonyl (C=O) groups is 1. The van der Waals surface area contributed by atoms with E-state index in [0.29, 0.717) is 44.1 Å². The van der Waals surface area contributed by atoms with Gasteiger partial charge in [0.05, 0.1) is 24.9 Å². The fourth-order valence-corrected chi connectivity index (χ4v) is 5.82. The molecule has 3 heterocycles. The van der Waals surface area contributed by atoms with Gasteiger partial charge in [0.1, 0.15) is 0 Å². The van der Waals surface area contributed by atoms with E-state index >= 15 is 0 Å². The van der Waals surface area contributed by atoms with E-state index in [2.05, 4.69) is 20.4 Å². The van der Waals surface area contributed by atoms with Gasteiger partial charge in [-0.05, 0) is 25.7 Å². The Kier molecular flexibility index (Phi) is 5.66. The van der Waals surface area contributed by atoms with Crippen molar-refractivity contribution in [3.05, 3.63) is 11.7 Å². The minimum Gasteiger partial charge on any atom is -0.379 e. The lowest BCUT2D eigenvalue weighted by atomic mass is 9.80. The minimum absolute atomic E-state index is 0.0221. The number of ether oxygens (including phenoxy) is 1. The quantitative estimate of drug-likeness (QED) is 0.646. The van der Waals surface area contributed by atoms with Crippen LogP contribution in [0.15, 0.2) is 4.52 Å². The van der Waals surface area contributed by atoms with Crippen LogP contribution in [0.4, 0.5) is 0 Å². The summed E-state index contributed by atoms with van der Waals surface area (Å²) in [5.74, 6) is 1.08. The van der Waals surface area contributed by atoms with Crippen LogP contribution < -0.4 is 5.32 Å². The highest BCUT2D eigenvalue weighted by Crippen LogP contribution is 2.50. The third-order valence-electron chi connectivity index (χ3n) is 6.39. The average molecular weight is 428 g/mol. The first-order valence-electron chi connectivity index (χ1n) is 10.1. The van der Waals surface area contributed by atoms with E-state index in [9.17, 15) is 13.2 Å². The molecule has 0 unspecified atom stereocenters. The molecule has 3 atom stereocenters. The maximum Gasteiger partial charge on any atom is 0.234 e. The molecule has 1 aliphatic carbocycles. The van der Waals surface area contributed by atoms with Crippen LogP contribution in [-0.2, 0) is 25.0 Å². The number of carbonyl (C=O) groups excluding carboxylic acids is 1. The molecule has 1 amide bonds. The fourth-order valence-electron chi connectivity index (χ4n) is 4.90. The molecule has 2 saturated heterocycles. The van der Waals surface area contributed by atoms with Gasteiger partial charge in [-0.2, -0.15) is 4.98 Å². The summed E-state index contributed by atoms with van der Waals surface area (Å²) < 4.78 is 36.5. The first-order valence-corrected chi connectivity index (χ1v) is 12.0. The Morgan fingerprint density at radius 3 is 2.76 bits per heavy atom. The number of morpholine rings is 1. The van der Waals surface area contributed by atoms with Gasteiger partial charge in [0.15, 0.2) is 5.82 Å². The fraction of sp³-hybridized carbons (Fsp3) is 0.833. The summed E-state index contributed by atoms with van der Waals surface area (Å²) in [4.78, 5) is 19.2. The number of hydrogen-bond donors (Lipinski definition) is 1. The van der Waals surface area contributed by atoms with E-state index in [-0.39, 0.29) is 17.9 Å². The molecule has 3 aliphatic rings. The van der Waals surface area contributed by atoms with Gasteiger partial charge in [0.25, 0.3) is 0 Å². The Labute approximate surface area is 171 Å². The van der Waals surface area contributed by atoms with E-state index in [1.165, 1.54) is 10.6 Å². The highest BCUT2D eigenvalue weighted by Gasteiger charge is 2.58. The number of sulfonamides is 1. The van der Waals surface area contributed by atoms with Crippen molar-refractivity contribution >= 4 is 15.9 Å². The lowest BCUT2D eigenvalue weighted by Gasteiger charge is -2.27. The van der Waals surface area contributed by atoms with E-state index in [4.69, 9.17) is 9.26 Å². The van der Waals surface area contributed by atoms with Crippen molar-refractivity contribution in [2.45, 2.75) is 37.6 Å². The summed E-state index contributed by atoms with van der Waals surface area (Å²) in [5.41, 5.74) is -0.535. The van der Waals surface area contributed by atoms with Gasteiger partial charge in [-0.3, -0.25) is 9.69 Å². The molecule has 11 heteroatoms. The summed E-state index contributed by atoms with van der Waals surface area (Å²) in [6.07, 6.45) is 2.99. The van der Waals surface area contributed by atoms with Crippen molar-refractivity contribution < 1.29 is 22.5 Å². The predicted molar refractivity (Wildman–Crippen MR) is 104 cm³/mol. The van der Waals surface area contributed by atoms with E-state index in [0.717, 1.165) is 32.8 Å². The summed E-state index contributed by atoms with van der Waals surface area (Å²) in [5, 5.41) is 7.06. The number of nitrogens with one attached hydrogen (secondary N) is 1. The summed E-state index contributed by atoms with van der Waals surface area (Å²) in [7, 11) is -3.31. The van der Waals surface area contributed by atoms with Crippen LogP contribution in [0.25, 0.3) is 0 Å². The molecule has 3 fully saturated rings. The van der Waals surface area contributed by atoms with Crippen LogP contribution >= 0.6 is 0 Å². The lowest BCUT2D eigenvalue weighted by Crippen LogP contribution is -2.41. The number of hydrogen-bond acceptors (Lipinski definition) is 8. The Morgan fingerprint density at radius 2 is 2.10 bits per heavy atom. The Balaban J connectivity index is 1.41. The van der Waals surface area contributed by atoms with Gasteiger partial charge in [-0.1, -0.05) is 5.16 Å². The second kappa shape index (κ2) is 7.93. The molecule has 0 spiro atoms. The van der Waals surface area contributed by atoms with Crippen molar-refractivity contribution in [2.75, 3.05) is 52.2 Å². The minimum atomic E-state index is -3.31. The van der Waals surface area contributed by atoms with Crippen molar-refractivity contribution in [2.24, 2.45) is 5.92 Å². The topological polar surface area (TPSA) is 118 Å². The van der Waals surface area contributed by atoms with Gasteiger partial charge in [0.2, 0.25) is 21.8 Å². The zero-order chi connectivity index (χ0) is 20.6. The van der Waals surface area contributed by atoms with Crippen molar-refractivity contribution in [3.8, 4) is 0 Å². The second-order valence-electron chi connectivity index (χ2n) is 8.46. The Hall–Kier alpha value is -1.56. The molecule has 2 aliphatic heterocycles. The molecule has 29 heavy (non-hydrogen) atoms. The maximum absolute atomic E-state index is 12.5. The third-order valence-corrected chi connectivity index (χ3v) is 7.61. The van der Waals surface area contributed by atoms with E-state index < -0.39 is 15.4 Å². The summed E-state index contributed by atoms with van der Waals surface area (Å²) in [6, 6.07) is -0.0221. The Morgan fingerprint density at radius 1 is 1.34 bits per heavy atom. The zero-order valence-electron chi connectivity index (χ0n) is 17.0. The van der Waals surface area contributed by atoms with Crippen LogP contribution in [0.2, 0.25) is 0 Å². The summed E-state index contributed by atoms with van der Waals surface area (Å²) >= 11 is 0. The van der Waals surface area contributed by atoms with Crippen LogP contribution in [0.1, 0.15) is 31.0 Å². The second-order valence-corrected chi connectivity index (χ2v) is 10.4. The van der Waals surface area contributed by atoms with E-state index in [1.807, 2.05) is 0 Å². The smallest absolute Gasteiger partial charge is 0.234 e. The lowest BCUT2D eigenvalue weighted by molar-refractivity contribution is -0.122. The number of aromatic nitrogens is 2. The molecule has 4 rings (SSSR count). The highest BCUT2D eigenvalue weighted by molar-refractivity contribution is 7.88. The summed E-state index contributed by atoms with van der Waals surface area (Å²) in [6.45, 7) is 6.37. The average Bonchev–Trinajstić information content (AvgIpc) is 3.33. The standard InChI is InChI=1S/C18H29N5O5S/c1-13-19-17(28-21-13)18-10-15(9-14(18)11-23(12-18)29(2,25)26)20-16(24)3-4-22-5-7-27-8-6-22/h14-15H,3-12H2,1-2H3,(H,20,24)/t14-,15+,18-/m0/s1. The van der Waals surface area contributed by atoms with Gasteiger partial charge in [-0.15, -0.1) is 0 Å². The molecule has 0 aromatic carbocycles. The van der Waals surface area contributed by atoms with E-state index in [1.54, 1.807) is 6.92 Å². The van der Waals surface area contributed by atoms with Gasteiger partial charge in [-0.25, -0.2) is 12.7 Å². The molecule has 1 aromatic heterocycles. The zero-order valence-corrected chi connectivity index (χ0v) is 17.8. The number of rotatable bonds is 6. The molecular formula is C18H29N5O5S. The number of nitrogens with zero attached hydrogens (tertiary/aromatic N) is 4. The molecule has 0 bridgehead atoms. The number of fused-ring (bicyclic) bond motifs is 1. The normalized spacial score (nSPS) is 31.1. The van der Waals surface area contributed by atoms with Crippen LogP contribution in [-0.4, -0.2) is 91.9 Å². The SMILES string of the molecule is Cc1noc([C@]23C[C@H](NC(=O)CCN4CCOCC4)C[C@H]2CN(S(C)(=O)=O)C3)n1. The third kappa shape index (κ3) is 4.32. The highest BCUT2D eigenvalue weighted by atomic mass is 32.2. The van der Waals surface area contributed by atoms with Gasteiger partial charge >= 0.3 is 0 Å². The van der Waals surface area contributed by atoms with Gasteiger partial charge in [0, 0.05) is 45.2 Å². The van der Waals surface area contributed by atoms with Gasteiger partial charge < -0.3 is 14.6 Å². The molecule has 1 N–H and O–H groups in total. The van der Waals surface area contributed by atoms with Crippen molar-refractivity contribution in [3.63, 3.8) is 0 Å². The first kappa shape index (κ1) is 20.7. The predicted octanol–water partition coefficient (Wildman–Crippen LogP) is -0.492. The van der Waals surface area contributed by atoms with Crippen molar-refractivity contribution in [1.82, 2.24) is 24.7 Å². The molecule has 10 nitrogen and oxygen atoms in total. The Bertz CT molecular complexity index is 853. The molecule has 1 aromatic rings. The van der Waals surface area contributed by atoms with Crippen molar-refractivity contribution in [1.29, 1.82) is 0 Å². The van der Waals surface area contributed by atoms with Crippen LogP contribution in [0.5, 0.6) is 0 Å². The maximum atomic E-state index is 12.5. The molecular weight excluding hydrogens is 398 g/mol. The van der Waals surface area contributed by atoms with Crippen LogP contribution in [0, 0.1) is 12.8 Å². The van der Waals surface area contributed by atoms with Crippen LogP contribution in [0.3, 0.4) is 0 Å². The monoisotopic (exact) mass is 427 g/mol. The number of amides is 1. The number of aryl methyl sites for hydroxylation is 1. The molecule has 0 radical (unpaired) electrons. The largest absolute Gasteiger partial charge is 0.379 e. The first-order chi connectivity index (χ1) is 13.8. The molecule has 1 saturated carbocycles.